The molecule has 0 spiro atoms. The van der Waals surface area contributed by atoms with Gasteiger partial charge in [-0.2, -0.15) is 0 Å². The van der Waals surface area contributed by atoms with E-state index in [1.807, 2.05) is 13.0 Å². The summed E-state index contributed by atoms with van der Waals surface area (Å²) in [4.78, 5) is 11.9. The molecule has 2 aromatic carbocycles. The van der Waals surface area contributed by atoms with E-state index in [9.17, 15) is 9.90 Å². The summed E-state index contributed by atoms with van der Waals surface area (Å²) in [6.07, 6.45) is 0. The number of phenolic OH excluding ortho intramolecular Hbond substituents is 1. The summed E-state index contributed by atoms with van der Waals surface area (Å²) in [5.41, 5.74) is 2.13. The van der Waals surface area contributed by atoms with Gasteiger partial charge >= 0.3 is 0 Å². The van der Waals surface area contributed by atoms with Gasteiger partial charge in [0.15, 0.2) is 11.7 Å². The van der Waals surface area contributed by atoms with Gasteiger partial charge < -0.3 is 19.9 Å². The van der Waals surface area contributed by atoms with Gasteiger partial charge in [-0.3, -0.25) is 10.1 Å². The third-order valence-electron chi connectivity index (χ3n) is 3.38. The Hall–Kier alpha value is -2.80. The van der Waals surface area contributed by atoms with Crippen LogP contribution in [0, 0.1) is 13.8 Å². The molecule has 0 saturated carbocycles. The lowest BCUT2D eigenvalue weighted by atomic mass is 10.1. The molecule has 2 aromatic rings. The molecule has 0 bridgehead atoms. The van der Waals surface area contributed by atoms with Gasteiger partial charge in [0.1, 0.15) is 17.2 Å². The standard InChI is InChI=1S/C18H20N2O4S/c1-11-8-12(2)17(22)15(9-11)19-18(25)20-16(21)10-24-14-6-4-13(23-3)5-7-14/h4-9,22H,10H2,1-3H3,(H2,19,20,21,25). The summed E-state index contributed by atoms with van der Waals surface area (Å²) < 4.78 is 10.4. The average molecular weight is 360 g/mol. The van der Waals surface area contributed by atoms with E-state index in [2.05, 4.69) is 10.6 Å². The van der Waals surface area contributed by atoms with Crippen LogP contribution in [-0.2, 0) is 4.79 Å². The maximum Gasteiger partial charge on any atom is 0.264 e. The van der Waals surface area contributed by atoms with E-state index in [4.69, 9.17) is 21.7 Å². The Bertz CT molecular complexity index is 775. The smallest absolute Gasteiger partial charge is 0.264 e. The highest BCUT2D eigenvalue weighted by Crippen LogP contribution is 2.28. The van der Waals surface area contributed by atoms with Gasteiger partial charge in [0, 0.05) is 0 Å². The molecule has 0 heterocycles. The monoisotopic (exact) mass is 360 g/mol. The molecule has 0 aromatic heterocycles. The number of aromatic hydroxyl groups is 1. The van der Waals surface area contributed by atoms with Crippen molar-refractivity contribution in [3.05, 3.63) is 47.5 Å². The van der Waals surface area contributed by atoms with Gasteiger partial charge in [0.25, 0.3) is 5.91 Å². The van der Waals surface area contributed by atoms with Crippen LogP contribution in [0.3, 0.4) is 0 Å². The van der Waals surface area contributed by atoms with Crippen molar-refractivity contribution in [3.8, 4) is 17.2 Å². The Morgan fingerprint density at radius 2 is 1.80 bits per heavy atom. The van der Waals surface area contributed by atoms with Crippen LogP contribution in [-0.4, -0.2) is 29.8 Å². The number of aryl methyl sites for hydroxylation is 2. The maximum absolute atomic E-state index is 11.9. The zero-order valence-corrected chi connectivity index (χ0v) is 15.1. The molecule has 0 fully saturated rings. The molecule has 6 nitrogen and oxygen atoms in total. The molecule has 0 radical (unpaired) electrons. The molecule has 1 amide bonds. The van der Waals surface area contributed by atoms with Crippen LogP contribution < -0.4 is 20.1 Å². The zero-order valence-electron chi connectivity index (χ0n) is 14.3. The van der Waals surface area contributed by atoms with Crippen LogP contribution in [0.4, 0.5) is 5.69 Å². The van der Waals surface area contributed by atoms with Crippen molar-refractivity contribution in [1.29, 1.82) is 0 Å². The summed E-state index contributed by atoms with van der Waals surface area (Å²) in [6.45, 7) is 3.51. The second kappa shape index (κ2) is 8.34. The summed E-state index contributed by atoms with van der Waals surface area (Å²) >= 11 is 5.10. The van der Waals surface area contributed by atoms with Crippen molar-refractivity contribution in [2.75, 3.05) is 19.0 Å². The van der Waals surface area contributed by atoms with Gasteiger partial charge in [-0.15, -0.1) is 0 Å². The first kappa shape index (κ1) is 18.5. The van der Waals surface area contributed by atoms with Gasteiger partial charge in [0.2, 0.25) is 0 Å². The van der Waals surface area contributed by atoms with Crippen molar-refractivity contribution >= 4 is 28.9 Å². The number of methoxy groups -OCH3 is 1. The van der Waals surface area contributed by atoms with Crippen LogP contribution in [0.1, 0.15) is 11.1 Å². The quantitative estimate of drug-likeness (QED) is 0.562. The van der Waals surface area contributed by atoms with Crippen molar-refractivity contribution in [2.45, 2.75) is 13.8 Å². The lowest BCUT2D eigenvalue weighted by Crippen LogP contribution is -2.37. The molecule has 0 unspecified atom stereocenters. The number of carbonyl (C=O) groups excluding carboxylic acids is 1. The number of rotatable bonds is 5. The lowest BCUT2D eigenvalue weighted by molar-refractivity contribution is -0.121. The molecule has 7 heteroatoms. The maximum atomic E-state index is 11.9. The molecule has 2 rings (SSSR count). The zero-order chi connectivity index (χ0) is 18.4. The van der Waals surface area contributed by atoms with Crippen LogP contribution >= 0.6 is 12.2 Å². The fourth-order valence-electron chi connectivity index (χ4n) is 2.19. The Labute approximate surface area is 151 Å². The Balaban J connectivity index is 1.86. The molecule has 0 aliphatic heterocycles. The van der Waals surface area contributed by atoms with Gasteiger partial charge in [0.05, 0.1) is 12.8 Å². The number of carbonyl (C=O) groups is 1. The van der Waals surface area contributed by atoms with E-state index in [1.54, 1.807) is 44.4 Å². The number of ether oxygens (including phenoxy) is 2. The first-order valence-corrected chi connectivity index (χ1v) is 7.97. The largest absolute Gasteiger partial charge is 0.505 e. The summed E-state index contributed by atoms with van der Waals surface area (Å²) in [5.74, 6) is 0.936. The number of nitrogens with one attached hydrogen (secondary N) is 2. The SMILES string of the molecule is COc1ccc(OCC(=O)NC(=S)Nc2cc(C)cc(C)c2O)cc1. The minimum atomic E-state index is -0.405. The van der Waals surface area contributed by atoms with Crippen molar-refractivity contribution in [1.82, 2.24) is 5.32 Å². The predicted octanol–water partition coefficient (Wildman–Crippen LogP) is 2.91. The topological polar surface area (TPSA) is 79.8 Å². The highest BCUT2D eigenvalue weighted by Gasteiger charge is 2.10. The van der Waals surface area contributed by atoms with E-state index in [0.29, 0.717) is 17.2 Å². The molecule has 0 aliphatic carbocycles. The Morgan fingerprint density at radius 3 is 2.44 bits per heavy atom. The fourth-order valence-corrected chi connectivity index (χ4v) is 2.42. The van der Waals surface area contributed by atoms with E-state index in [1.165, 1.54) is 0 Å². The van der Waals surface area contributed by atoms with Gasteiger partial charge in [-0.1, -0.05) is 6.07 Å². The van der Waals surface area contributed by atoms with Gasteiger partial charge in [-0.25, -0.2) is 0 Å². The van der Waals surface area contributed by atoms with E-state index in [0.717, 1.165) is 11.1 Å². The molecule has 25 heavy (non-hydrogen) atoms. The number of benzene rings is 2. The molecular weight excluding hydrogens is 340 g/mol. The lowest BCUT2D eigenvalue weighted by Gasteiger charge is -2.13. The molecule has 0 saturated heterocycles. The number of hydrogen-bond acceptors (Lipinski definition) is 5. The minimum Gasteiger partial charge on any atom is -0.505 e. The first-order valence-electron chi connectivity index (χ1n) is 7.57. The average Bonchev–Trinajstić information content (AvgIpc) is 2.57. The summed E-state index contributed by atoms with van der Waals surface area (Å²) in [5, 5.41) is 15.4. The highest BCUT2D eigenvalue weighted by molar-refractivity contribution is 7.80. The highest BCUT2D eigenvalue weighted by atomic mass is 32.1. The molecule has 132 valence electrons. The fraction of sp³-hybridized carbons (Fsp3) is 0.222. The number of phenols is 1. The molecule has 0 aliphatic rings. The van der Waals surface area contributed by atoms with Crippen LogP contribution in [0.25, 0.3) is 0 Å². The predicted molar refractivity (Wildman–Crippen MR) is 100 cm³/mol. The second-order valence-corrected chi connectivity index (χ2v) is 5.85. The summed E-state index contributed by atoms with van der Waals surface area (Å²) in [7, 11) is 1.57. The van der Waals surface area contributed by atoms with Crippen molar-refractivity contribution in [3.63, 3.8) is 0 Å². The second-order valence-electron chi connectivity index (χ2n) is 5.44. The Kier molecular flexibility index (Phi) is 6.19. The number of thiocarbonyl (C=S) groups is 1. The van der Waals surface area contributed by atoms with E-state index >= 15 is 0 Å². The molecular formula is C18H20N2O4S. The third-order valence-corrected chi connectivity index (χ3v) is 3.58. The van der Waals surface area contributed by atoms with Gasteiger partial charge in [-0.05, 0) is 67.5 Å². The van der Waals surface area contributed by atoms with E-state index < -0.39 is 5.91 Å². The number of amides is 1. The summed E-state index contributed by atoms with van der Waals surface area (Å²) in [6, 6.07) is 10.5. The van der Waals surface area contributed by atoms with Crippen molar-refractivity contribution in [2.24, 2.45) is 0 Å². The van der Waals surface area contributed by atoms with Crippen LogP contribution in [0.15, 0.2) is 36.4 Å². The van der Waals surface area contributed by atoms with Crippen LogP contribution in [0.2, 0.25) is 0 Å². The van der Waals surface area contributed by atoms with Crippen LogP contribution in [0.5, 0.6) is 17.2 Å². The Morgan fingerprint density at radius 1 is 1.16 bits per heavy atom. The third kappa shape index (κ3) is 5.36. The first-order chi connectivity index (χ1) is 11.9. The van der Waals surface area contributed by atoms with E-state index in [-0.39, 0.29) is 17.5 Å². The normalized spacial score (nSPS) is 10.0. The number of anilines is 1. The number of hydrogen-bond donors (Lipinski definition) is 3. The molecule has 3 N–H and O–H groups in total. The van der Waals surface area contributed by atoms with Crippen molar-refractivity contribution < 1.29 is 19.4 Å². The molecule has 0 atom stereocenters. The minimum absolute atomic E-state index is 0.0867.